The zero-order chi connectivity index (χ0) is 12.5. The van der Waals surface area contributed by atoms with E-state index < -0.39 is 11.5 Å². The topological polar surface area (TPSA) is 68.0 Å². The maximum atomic E-state index is 11.5. The number of benzene rings is 1. The van der Waals surface area contributed by atoms with Crippen LogP contribution in [0, 0.1) is 0 Å². The third-order valence-electron chi connectivity index (χ3n) is 3.02. The van der Waals surface area contributed by atoms with E-state index in [9.17, 15) is 9.90 Å². The number of nitrogens with zero attached hydrogens (tertiary/aromatic N) is 3. The molecule has 0 radical (unpaired) electrons. The first-order chi connectivity index (χ1) is 8.09. The lowest BCUT2D eigenvalue weighted by Crippen LogP contribution is -2.39. The van der Waals surface area contributed by atoms with Gasteiger partial charge in [-0.1, -0.05) is 30.7 Å². The van der Waals surface area contributed by atoms with E-state index in [1.807, 2.05) is 31.2 Å². The van der Waals surface area contributed by atoms with Crippen LogP contribution in [0.1, 0.15) is 26.7 Å². The summed E-state index contributed by atoms with van der Waals surface area (Å²) in [6, 6.07) is 7.38. The summed E-state index contributed by atoms with van der Waals surface area (Å²) in [6.07, 6.45) is 1.30. The summed E-state index contributed by atoms with van der Waals surface area (Å²) in [7, 11) is 0. The number of rotatable bonds is 4. The molecule has 1 N–H and O–H groups in total. The molecule has 0 fully saturated rings. The highest BCUT2D eigenvalue weighted by Crippen LogP contribution is 2.25. The van der Waals surface area contributed by atoms with Crippen molar-refractivity contribution in [3.05, 3.63) is 24.3 Å². The predicted octanol–water partition coefficient (Wildman–Crippen LogP) is 2.03. The second-order valence-electron chi connectivity index (χ2n) is 4.32. The first-order valence-electron chi connectivity index (χ1n) is 5.64. The zero-order valence-corrected chi connectivity index (χ0v) is 9.92. The molecule has 2 rings (SSSR count). The summed E-state index contributed by atoms with van der Waals surface area (Å²) in [5, 5.41) is 17.4. The van der Waals surface area contributed by atoms with Gasteiger partial charge < -0.3 is 5.11 Å². The highest BCUT2D eigenvalue weighted by atomic mass is 16.4. The fourth-order valence-electron chi connectivity index (χ4n) is 2.02. The second kappa shape index (κ2) is 4.16. The third kappa shape index (κ3) is 1.77. The van der Waals surface area contributed by atoms with Crippen molar-refractivity contribution in [2.24, 2.45) is 0 Å². The Labute approximate surface area is 99.1 Å². The van der Waals surface area contributed by atoms with Crippen LogP contribution in [0.25, 0.3) is 11.0 Å². The van der Waals surface area contributed by atoms with E-state index in [1.165, 1.54) is 4.68 Å². The Morgan fingerprint density at radius 2 is 2.18 bits per heavy atom. The van der Waals surface area contributed by atoms with Crippen molar-refractivity contribution in [3.8, 4) is 0 Å². The van der Waals surface area contributed by atoms with Gasteiger partial charge in [0.2, 0.25) is 0 Å². The zero-order valence-electron chi connectivity index (χ0n) is 9.92. The van der Waals surface area contributed by atoms with Crippen LogP contribution in [0.5, 0.6) is 0 Å². The Kier molecular flexibility index (Phi) is 2.83. The SMILES string of the molecule is CCCC(C)(C(=O)O)n1nnc2ccccc21. The molecular weight excluding hydrogens is 218 g/mol. The molecule has 5 nitrogen and oxygen atoms in total. The molecule has 1 aromatic heterocycles. The van der Waals surface area contributed by atoms with Gasteiger partial charge in [-0.2, -0.15) is 0 Å². The van der Waals surface area contributed by atoms with Crippen molar-refractivity contribution >= 4 is 17.0 Å². The van der Waals surface area contributed by atoms with Crippen molar-refractivity contribution in [2.75, 3.05) is 0 Å². The maximum absolute atomic E-state index is 11.5. The van der Waals surface area contributed by atoms with Gasteiger partial charge in [-0.05, 0) is 25.5 Å². The largest absolute Gasteiger partial charge is 0.479 e. The van der Waals surface area contributed by atoms with Crippen LogP contribution in [-0.4, -0.2) is 26.1 Å². The smallest absolute Gasteiger partial charge is 0.331 e. The fourth-order valence-corrected chi connectivity index (χ4v) is 2.02. The molecule has 90 valence electrons. The minimum absolute atomic E-state index is 0.523. The summed E-state index contributed by atoms with van der Waals surface area (Å²) in [4.78, 5) is 11.5. The Morgan fingerprint density at radius 1 is 1.47 bits per heavy atom. The summed E-state index contributed by atoms with van der Waals surface area (Å²) >= 11 is 0. The van der Waals surface area contributed by atoms with E-state index >= 15 is 0 Å². The molecule has 0 aliphatic carbocycles. The summed E-state index contributed by atoms with van der Waals surface area (Å²) in [5.74, 6) is -0.880. The normalized spacial score (nSPS) is 14.7. The van der Waals surface area contributed by atoms with E-state index in [-0.39, 0.29) is 0 Å². The second-order valence-corrected chi connectivity index (χ2v) is 4.32. The van der Waals surface area contributed by atoms with Crippen molar-refractivity contribution in [2.45, 2.75) is 32.2 Å². The van der Waals surface area contributed by atoms with Gasteiger partial charge >= 0.3 is 5.97 Å². The summed E-state index contributed by atoms with van der Waals surface area (Å²) < 4.78 is 1.51. The standard InChI is InChI=1S/C12H15N3O2/c1-3-8-12(2,11(16)17)15-10-7-5-4-6-9(10)13-14-15/h4-7H,3,8H2,1-2H3,(H,16,17). The van der Waals surface area contributed by atoms with Crippen molar-refractivity contribution in [3.63, 3.8) is 0 Å². The van der Waals surface area contributed by atoms with Gasteiger partial charge in [0.15, 0.2) is 5.54 Å². The molecule has 0 amide bonds. The Bertz CT molecular complexity index is 549. The minimum atomic E-state index is -1.04. The number of fused-ring (bicyclic) bond motifs is 1. The minimum Gasteiger partial charge on any atom is -0.479 e. The molecule has 0 spiro atoms. The van der Waals surface area contributed by atoms with Gasteiger partial charge in [-0.15, -0.1) is 5.10 Å². The Hall–Kier alpha value is -1.91. The molecule has 5 heteroatoms. The fraction of sp³-hybridized carbons (Fsp3) is 0.417. The lowest BCUT2D eigenvalue weighted by Gasteiger charge is -2.24. The Morgan fingerprint density at radius 3 is 2.82 bits per heavy atom. The average molecular weight is 233 g/mol. The van der Waals surface area contributed by atoms with Gasteiger partial charge in [-0.3, -0.25) is 0 Å². The van der Waals surface area contributed by atoms with Crippen molar-refractivity contribution in [1.29, 1.82) is 0 Å². The number of carbonyl (C=O) groups is 1. The van der Waals surface area contributed by atoms with E-state index in [0.29, 0.717) is 6.42 Å². The van der Waals surface area contributed by atoms with Gasteiger partial charge in [-0.25, -0.2) is 9.48 Å². The number of hydrogen-bond donors (Lipinski definition) is 1. The van der Waals surface area contributed by atoms with E-state index in [1.54, 1.807) is 6.92 Å². The Balaban J connectivity index is 2.60. The molecule has 0 aliphatic rings. The van der Waals surface area contributed by atoms with Gasteiger partial charge in [0.25, 0.3) is 0 Å². The monoisotopic (exact) mass is 233 g/mol. The first-order valence-corrected chi connectivity index (χ1v) is 5.64. The summed E-state index contributed by atoms with van der Waals surface area (Å²) in [6.45, 7) is 3.64. The van der Waals surface area contributed by atoms with Crippen LogP contribution in [0.4, 0.5) is 0 Å². The molecule has 1 aromatic carbocycles. The van der Waals surface area contributed by atoms with Crippen LogP contribution in [-0.2, 0) is 10.3 Å². The van der Waals surface area contributed by atoms with Gasteiger partial charge in [0.1, 0.15) is 5.52 Å². The predicted molar refractivity (Wildman–Crippen MR) is 63.7 cm³/mol. The lowest BCUT2D eigenvalue weighted by atomic mass is 9.96. The van der Waals surface area contributed by atoms with Crippen LogP contribution >= 0.6 is 0 Å². The van der Waals surface area contributed by atoms with Crippen LogP contribution in [0.15, 0.2) is 24.3 Å². The van der Waals surface area contributed by atoms with Crippen LogP contribution < -0.4 is 0 Å². The van der Waals surface area contributed by atoms with Gasteiger partial charge in [0.05, 0.1) is 5.52 Å². The van der Waals surface area contributed by atoms with Crippen LogP contribution in [0.3, 0.4) is 0 Å². The lowest BCUT2D eigenvalue weighted by molar-refractivity contribution is -0.147. The highest BCUT2D eigenvalue weighted by Gasteiger charge is 2.36. The number of aliphatic carboxylic acids is 1. The first kappa shape index (κ1) is 11.6. The molecular formula is C12H15N3O2. The molecule has 1 unspecified atom stereocenters. The maximum Gasteiger partial charge on any atom is 0.331 e. The molecule has 17 heavy (non-hydrogen) atoms. The summed E-state index contributed by atoms with van der Waals surface area (Å²) in [5.41, 5.74) is 0.437. The molecule has 0 aliphatic heterocycles. The van der Waals surface area contributed by atoms with E-state index in [2.05, 4.69) is 10.3 Å². The average Bonchev–Trinajstić information content (AvgIpc) is 2.73. The van der Waals surface area contributed by atoms with E-state index in [0.717, 1.165) is 17.5 Å². The molecule has 1 atom stereocenters. The number of hydrogen-bond acceptors (Lipinski definition) is 3. The van der Waals surface area contributed by atoms with Crippen molar-refractivity contribution < 1.29 is 9.90 Å². The molecule has 0 saturated carbocycles. The number of carboxylic acids is 1. The van der Waals surface area contributed by atoms with Crippen LogP contribution in [0.2, 0.25) is 0 Å². The number of aromatic nitrogens is 3. The highest BCUT2D eigenvalue weighted by molar-refractivity contribution is 5.81. The number of para-hydroxylation sites is 1. The quantitative estimate of drug-likeness (QED) is 0.877. The molecule has 0 bridgehead atoms. The number of carboxylic acid groups (broad SMARTS) is 1. The molecule has 1 heterocycles. The van der Waals surface area contributed by atoms with Crippen molar-refractivity contribution in [1.82, 2.24) is 15.0 Å². The molecule has 0 saturated heterocycles. The van der Waals surface area contributed by atoms with E-state index in [4.69, 9.17) is 0 Å². The van der Waals surface area contributed by atoms with Gasteiger partial charge in [0, 0.05) is 0 Å². The third-order valence-corrected chi connectivity index (χ3v) is 3.02. The molecule has 2 aromatic rings.